The van der Waals surface area contributed by atoms with Gasteiger partial charge in [0.25, 0.3) is 5.91 Å². The number of carbonyl (C=O) groups is 2. The van der Waals surface area contributed by atoms with Crippen LogP contribution in [0.3, 0.4) is 0 Å². The number of fused-ring (bicyclic) bond motifs is 1. The Kier molecular flexibility index (Phi) is 5.41. The number of amides is 3. The van der Waals surface area contributed by atoms with Gasteiger partial charge < -0.3 is 10.2 Å². The van der Waals surface area contributed by atoms with Gasteiger partial charge in [-0.05, 0) is 61.2 Å². The number of benzene rings is 2. The fraction of sp³-hybridized carbons (Fsp3) is 0.333. The second-order valence-electron chi connectivity index (χ2n) is 7.32. The molecule has 0 atom stereocenters. The van der Waals surface area contributed by atoms with Gasteiger partial charge in [-0.15, -0.1) is 0 Å². The van der Waals surface area contributed by atoms with Crippen LogP contribution in [0.5, 0.6) is 0 Å². The van der Waals surface area contributed by atoms with E-state index in [0.717, 1.165) is 29.8 Å². The molecular weight excluding hydrogens is 400 g/mol. The van der Waals surface area contributed by atoms with E-state index in [2.05, 4.69) is 5.32 Å². The number of likely N-dealkylation sites (tertiary alicyclic amines) is 1. The van der Waals surface area contributed by atoms with Gasteiger partial charge in [0.1, 0.15) is 0 Å². The lowest BCUT2D eigenvalue weighted by Crippen LogP contribution is -2.50. The Bertz CT molecular complexity index is 961. The molecular formula is C21H20ClF2N3O2. The van der Waals surface area contributed by atoms with Gasteiger partial charge in [0.2, 0.25) is 0 Å². The molecule has 8 heteroatoms. The molecule has 0 aliphatic carbocycles. The smallest absolute Gasteiger partial charge is 0.322 e. The molecule has 0 spiro atoms. The molecule has 3 amide bonds. The lowest BCUT2D eigenvalue weighted by Gasteiger charge is -2.33. The molecule has 1 saturated heterocycles. The molecule has 4 rings (SSSR count). The first-order chi connectivity index (χ1) is 13.9. The lowest BCUT2D eigenvalue weighted by atomic mass is 10.0. The van der Waals surface area contributed by atoms with Crippen molar-refractivity contribution >= 4 is 29.2 Å². The zero-order chi connectivity index (χ0) is 20.5. The summed E-state index contributed by atoms with van der Waals surface area (Å²) < 4.78 is 26.4. The van der Waals surface area contributed by atoms with E-state index in [1.54, 1.807) is 15.9 Å². The van der Waals surface area contributed by atoms with Crippen LogP contribution in [0.4, 0.5) is 19.3 Å². The number of hydrogen-bond donors (Lipinski definition) is 1. The van der Waals surface area contributed by atoms with Gasteiger partial charge in [-0.25, -0.2) is 13.6 Å². The Hall–Kier alpha value is -2.67. The fourth-order valence-electron chi connectivity index (χ4n) is 3.87. The van der Waals surface area contributed by atoms with Crippen molar-refractivity contribution < 1.29 is 18.4 Å². The minimum Gasteiger partial charge on any atom is -0.338 e. The van der Waals surface area contributed by atoms with Crippen molar-refractivity contribution in [3.05, 3.63) is 64.2 Å². The Balaban J connectivity index is 1.33. The van der Waals surface area contributed by atoms with Gasteiger partial charge in [-0.3, -0.25) is 9.69 Å². The highest BCUT2D eigenvalue weighted by Gasteiger charge is 2.29. The van der Waals surface area contributed by atoms with Crippen LogP contribution in [0.25, 0.3) is 0 Å². The second-order valence-corrected chi connectivity index (χ2v) is 7.76. The number of anilines is 1. The van der Waals surface area contributed by atoms with Crippen molar-refractivity contribution in [3.63, 3.8) is 0 Å². The number of piperidine rings is 1. The van der Waals surface area contributed by atoms with E-state index in [1.807, 2.05) is 12.1 Å². The molecule has 5 nitrogen and oxygen atoms in total. The minimum absolute atomic E-state index is 0.0483. The number of halogens is 3. The molecule has 0 aromatic heterocycles. The number of nitrogens with zero attached hydrogens (tertiary/aromatic N) is 2. The molecule has 1 N–H and O–H groups in total. The molecule has 2 aromatic carbocycles. The summed E-state index contributed by atoms with van der Waals surface area (Å²) in [6.45, 7) is 1.49. The topological polar surface area (TPSA) is 52.7 Å². The van der Waals surface area contributed by atoms with Crippen LogP contribution < -0.4 is 10.2 Å². The SMILES string of the molecule is O=C(c1ccc(F)c(F)c1)N1CCC(NC(=O)N2CCc3cc(Cl)ccc32)CC1. The third kappa shape index (κ3) is 4.05. The van der Waals surface area contributed by atoms with Crippen LogP contribution in [0, 0.1) is 11.6 Å². The Morgan fingerprint density at radius 1 is 1.00 bits per heavy atom. The molecule has 2 aliphatic rings. The van der Waals surface area contributed by atoms with Crippen molar-refractivity contribution in [1.29, 1.82) is 0 Å². The fourth-order valence-corrected chi connectivity index (χ4v) is 4.07. The van der Waals surface area contributed by atoms with Crippen LogP contribution in [-0.4, -0.2) is 42.5 Å². The molecule has 2 aromatic rings. The number of carbonyl (C=O) groups excluding carboxylic acids is 2. The zero-order valence-electron chi connectivity index (χ0n) is 15.6. The summed E-state index contributed by atoms with van der Waals surface area (Å²) in [6.07, 6.45) is 1.97. The summed E-state index contributed by atoms with van der Waals surface area (Å²) in [6, 6.07) is 8.46. The average Bonchev–Trinajstić information content (AvgIpc) is 3.13. The van der Waals surface area contributed by atoms with E-state index in [9.17, 15) is 18.4 Å². The highest BCUT2D eigenvalue weighted by Crippen LogP contribution is 2.30. The Labute approximate surface area is 172 Å². The quantitative estimate of drug-likeness (QED) is 0.800. The van der Waals surface area contributed by atoms with Crippen molar-refractivity contribution in [1.82, 2.24) is 10.2 Å². The normalized spacial score (nSPS) is 16.7. The molecule has 0 unspecified atom stereocenters. The Morgan fingerprint density at radius 2 is 1.76 bits per heavy atom. The van der Waals surface area contributed by atoms with Gasteiger partial charge in [0.05, 0.1) is 0 Å². The molecule has 0 radical (unpaired) electrons. The zero-order valence-corrected chi connectivity index (χ0v) is 16.4. The molecule has 152 valence electrons. The van der Waals surface area contributed by atoms with Crippen LogP contribution in [0.1, 0.15) is 28.8 Å². The predicted octanol–water partition coefficient (Wildman–Crippen LogP) is 4.00. The van der Waals surface area contributed by atoms with Gasteiger partial charge in [0.15, 0.2) is 11.6 Å². The van der Waals surface area contributed by atoms with Crippen LogP contribution in [0.15, 0.2) is 36.4 Å². The second kappa shape index (κ2) is 7.99. The standard InChI is InChI=1S/C21H20ClF2N3O2/c22-15-2-4-19-13(11-15)5-10-27(19)21(29)25-16-6-8-26(9-7-16)20(28)14-1-3-17(23)18(24)12-14/h1-4,11-12,16H,5-10H2,(H,25,29). The molecule has 29 heavy (non-hydrogen) atoms. The third-order valence-electron chi connectivity index (χ3n) is 5.46. The van der Waals surface area contributed by atoms with E-state index >= 15 is 0 Å². The molecule has 2 aliphatic heterocycles. The van der Waals surface area contributed by atoms with Gasteiger partial charge in [-0.1, -0.05) is 11.6 Å². The van der Waals surface area contributed by atoms with Gasteiger partial charge in [0, 0.05) is 41.9 Å². The summed E-state index contributed by atoms with van der Waals surface area (Å²) in [5.41, 5.74) is 2.05. The number of nitrogens with one attached hydrogen (secondary N) is 1. The largest absolute Gasteiger partial charge is 0.338 e. The number of hydrogen-bond acceptors (Lipinski definition) is 2. The van der Waals surface area contributed by atoms with Crippen molar-refractivity contribution in [2.45, 2.75) is 25.3 Å². The summed E-state index contributed by atoms with van der Waals surface area (Å²) in [5, 5.41) is 3.70. The predicted molar refractivity (Wildman–Crippen MR) is 106 cm³/mol. The Morgan fingerprint density at radius 3 is 2.48 bits per heavy atom. The highest BCUT2D eigenvalue weighted by atomic mass is 35.5. The number of rotatable bonds is 2. The average molecular weight is 420 g/mol. The van der Waals surface area contributed by atoms with Crippen LogP contribution in [-0.2, 0) is 6.42 Å². The first kappa shape index (κ1) is 19.6. The maximum absolute atomic E-state index is 13.4. The molecule has 1 fully saturated rings. The van der Waals surface area contributed by atoms with Crippen LogP contribution >= 0.6 is 11.6 Å². The van der Waals surface area contributed by atoms with E-state index < -0.39 is 11.6 Å². The van der Waals surface area contributed by atoms with Gasteiger partial charge >= 0.3 is 6.03 Å². The minimum atomic E-state index is -1.04. The lowest BCUT2D eigenvalue weighted by molar-refractivity contribution is 0.0708. The van der Waals surface area contributed by atoms with Crippen molar-refractivity contribution in [2.75, 3.05) is 24.5 Å². The van der Waals surface area contributed by atoms with Crippen LogP contribution in [0.2, 0.25) is 5.02 Å². The van der Waals surface area contributed by atoms with E-state index in [1.165, 1.54) is 6.07 Å². The molecule has 0 bridgehead atoms. The van der Waals surface area contributed by atoms with E-state index in [0.29, 0.717) is 37.5 Å². The molecule has 2 heterocycles. The maximum atomic E-state index is 13.4. The first-order valence-electron chi connectivity index (χ1n) is 9.53. The van der Waals surface area contributed by atoms with Crippen molar-refractivity contribution in [2.24, 2.45) is 0 Å². The number of urea groups is 1. The summed E-state index contributed by atoms with van der Waals surface area (Å²) in [4.78, 5) is 28.5. The third-order valence-corrected chi connectivity index (χ3v) is 5.69. The monoisotopic (exact) mass is 419 g/mol. The van der Waals surface area contributed by atoms with E-state index in [4.69, 9.17) is 11.6 Å². The van der Waals surface area contributed by atoms with E-state index in [-0.39, 0.29) is 23.5 Å². The van der Waals surface area contributed by atoms with Crippen molar-refractivity contribution in [3.8, 4) is 0 Å². The summed E-state index contributed by atoms with van der Waals surface area (Å²) in [5.74, 6) is -2.35. The molecule has 0 saturated carbocycles. The van der Waals surface area contributed by atoms with Gasteiger partial charge in [-0.2, -0.15) is 0 Å². The summed E-state index contributed by atoms with van der Waals surface area (Å²) >= 11 is 6.02. The highest BCUT2D eigenvalue weighted by molar-refractivity contribution is 6.30. The maximum Gasteiger partial charge on any atom is 0.322 e. The first-order valence-corrected chi connectivity index (χ1v) is 9.91. The summed E-state index contributed by atoms with van der Waals surface area (Å²) in [7, 11) is 0.